The predicted octanol–water partition coefficient (Wildman–Crippen LogP) is 2.01. The lowest BCUT2D eigenvalue weighted by molar-refractivity contribution is 0.0690. The molecule has 0 atom stereocenters. The van der Waals surface area contributed by atoms with Crippen LogP contribution in [0.5, 0.6) is 0 Å². The number of anilines is 2. The smallest absolute Gasteiger partial charge is 0.356 e. The molecular formula is C13H10FN3O2. The highest BCUT2D eigenvalue weighted by Crippen LogP contribution is 2.33. The van der Waals surface area contributed by atoms with Crippen molar-refractivity contribution in [3.05, 3.63) is 47.7 Å². The van der Waals surface area contributed by atoms with E-state index in [0.29, 0.717) is 12.4 Å². The number of fused-ring (bicyclic) bond motifs is 1. The molecule has 3 rings (SSSR count). The number of benzene rings is 1. The van der Waals surface area contributed by atoms with Crippen molar-refractivity contribution in [1.82, 2.24) is 9.97 Å². The summed E-state index contributed by atoms with van der Waals surface area (Å²) in [6, 6.07) is 4.64. The van der Waals surface area contributed by atoms with Crippen molar-refractivity contribution in [3.63, 3.8) is 0 Å². The van der Waals surface area contributed by atoms with Crippen LogP contribution in [0, 0.1) is 5.82 Å². The molecule has 0 amide bonds. The van der Waals surface area contributed by atoms with E-state index in [9.17, 15) is 9.18 Å². The van der Waals surface area contributed by atoms with Crippen LogP contribution in [0.25, 0.3) is 0 Å². The van der Waals surface area contributed by atoms with Crippen LogP contribution in [0.3, 0.4) is 0 Å². The van der Waals surface area contributed by atoms with Crippen LogP contribution >= 0.6 is 0 Å². The normalized spacial score (nSPS) is 13.4. The summed E-state index contributed by atoms with van der Waals surface area (Å²) < 4.78 is 13.3. The van der Waals surface area contributed by atoms with E-state index in [1.54, 1.807) is 6.07 Å². The Morgan fingerprint density at radius 1 is 1.32 bits per heavy atom. The van der Waals surface area contributed by atoms with Gasteiger partial charge in [0.2, 0.25) is 0 Å². The molecule has 0 bridgehead atoms. The van der Waals surface area contributed by atoms with Gasteiger partial charge in [-0.25, -0.2) is 19.2 Å². The summed E-state index contributed by atoms with van der Waals surface area (Å²) >= 11 is 0. The van der Waals surface area contributed by atoms with Crippen LogP contribution < -0.4 is 4.90 Å². The second-order valence-electron chi connectivity index (χ2n) is 4.24. The van der Waals surface area contributed by atoms with E-state index in [4.69, 9.17) is 5.11 Å². The van der Waals surface area contributed by atoms with Crippen molar-refractivity contribution < 1.29 is 14.3 Å². The van der Waals surface area contributed by atoms with Crippen molar-refractivity contribution >= 4 is 17.5 Å². The van der Waals surface area contributed by atoms with E-state index in [2.05, 4.69) is 9.97 Å². The minimum Gasteiger partial charge on any atom is -0.476 e. The first-order valence-electron chi connectivity index (χ1n) is 5.76. The summed E-state index contributed by atoms with van der Waals surface area (Å²) in [7, 11) is 0. The number of aromatic carboxylic acids is 1. The molecule has 0 fully saturated rings. The highest BCUT2D eigenvalue weighted by atomic mass is 19.1. The zero-order valence-electron chi connectivity index (χ0n) is 9.88. The van der Waals surface area contributed by atoms with Crippen LogP contribution in [-0.2, 0) is 6.42 Å². The van der Waals surface area contributed by atoms with E-state index in [1.807, 2.05) is 4.90 Å². The van der Waals surface area contributed by atoms with Crippen LogP contribution in [0.1, 0.15) is 16.1 Å². The summed E-state index contributed by atoms with van der Waals surface area (Å²) in [6.45, 7) is 0.680. The molecule has 2 aromatic rings. The number of hydrogen-bond acceptors (Lipinski definition) is 4. The molecule has 1 aromatic carbocycles. The van der Waals surface area contributed by atoms with Crippen molar-refractivity contribution in [1.29, 1.82) is 0 Å². The first kappa shape index (κ1) is 11.6. The molecular weight excluding hydrogens is 249 g/mol. The molecule has 0 spiro atoms. The SMILES string of the molecule is O=C(O)c1cnc(N2CCc3ccc(F)cc32)cn1. The van der Waals surface area contributed by atoms with E-state index in [0.717, 1.165) is 17.7 Å². The molecule has 1 aliphatic rings. The number of carboxylic acid groups (broad SMARTS) is 1. The van der Waals surface area contributed by atoms with Gasteiger partial charge in [-0.1, -0.05) is 6.07 Å². The van der Waals surface area contributed by atoms with E-state index in [-0.39, 0.29) is 11.5 Å². The Kier molecular flexibility index (Phi) is 2.63. The molecule has 0 radical (unpaired) electrons. The van der Waals surface area contributed by atoms with Gasteiger partial charge in [0.05, 0.1) is 12.4 Å². The fraction of sp³-hybridized carbons (Fsp3) is 0.154. The van der Waals surface area contributed by atoms with Gasteiger partial charge in [-0.15, -0.1) is 0 Å². The van der Waals surface area contributed by atoms with Gasteiger partial charge in [0, 0.05) is 12.2 Å². The largest absolute Gasteiger partial charge is 0.476 e. The Labute approximate surface area is 108 Å². The second-order valence-corrected chi connectivity index (χ2v) is 4.24. The van der Waals surface area contributed by atoms with Gasteiger partial charge in [-0.2, -0.15) is 0 Å². The second kappa shape index (κ2) is 4.31. The van der Waals surface area contributed by atoms with Crippen molar-refractivity contribution in [2.75, 3.05) is 11.4 Å². The van der Waals surface area contributed by atoms with Gasteiger partial charge < -0.3 is 10.0 Å². The van der Waals surface area contributed by atoms with Crippen molar-refractivity contribution in [2.24, 2.45) is 0 Å². The molecule has 19 heavy (non-hydrogen) atoms. The average Bonchev–Trinajstić information content (AvgIpc) is 2.81. The van der Waals surface area contributed by atoms with Gasteiger partial charge in [0.1, 0.15) is 5.82 Å². The quantitative estimate of drug-likeness (QED) is 0.893. The number of carbonyl (C=O) groups is 1. The van der Waals surface area contributed by atoms with Crippen LogP contribution in [0.2, 0.25) is 0 Å². The summed E-state index contributed by atoms with van der Waals surface area (Å²) in [4.78, 5) is 20.4. The number of nitrogens with zero attached hydrogens (tertiary/aromatic N) is 3. The third-order valence-corrected chi connectivity index (χ3v) is 3.08. The fourth-order valence-corrected chi connectivity index (χ4v) is 2.16. The van der Waals surface area contributed by atoms with E-state index >= 15 is 0 Å². The van der Waals surface area contributed by atoms with E-state index < -0.39 is 5.97 Å². The lowest BCUT2D eigenvalue weighted by Gasteiger charge is -2.17. The highest BCUT2D eigenvalue weighted by Gasteiger charge is 2.22. The Morgan fingerprint density at radius 3 is 2.84 bits per heavy atom. The van der Waals surface area contributed by atoms with Gasteiger partial charge >= 0.3 is 5.97 Å². The molecule has 0 saturated heterocycles. The Balaban J connectivity index is 1.97. The summed E-state index contributed by atoms with van der Waals surface area (Å²) in [5, 5.41) is 8.77. The number of hydrogen-bond donors (Lipinski definition) is 1. The molecule has 0 saturated carbocycles. The van der Waals surface area contributed by atoms with Crippen LogP contribution in [0.4, 0.5) is 15.9 Å². The molecule has 5 nitrogen and oxygen atoms in total. The lowest BCUT2D eigenvalue weighted by atomic mass is 10.2. The first-order chi connectivity index (χ1) is 9.15. The summed E-state index contributed by atoms with van der Waals surface area (Å²) in [5.41, 5.74) is 1.70. The van der Waals surface area contributed by atoms with Gasteiger partial charge in [-0.05, 0) is 24.1 Å². The van der Waals surface area contributed by atoms with Gasteiger partial charge in [-0.3, -0.25) is 0 Å². The average molecular weight is 259 g/mol. The zero-order chi connectivity index (χ0) is 13.4. The van der Waals surface area contributed by atoms with Gasteiger partial charge in [0.15, 0.2) is 11.5 Å². The van der Waals surface area contributed by atoms with Crippen LogP contribution in [0.15, 0.2) is 30.6 Å². The molecule has 96 valence electrons. The maximum Gasteiger partial charge on any atom is 0.356 e. The minimum atomic E-state index is -1.12. The fourth-order valence-electron chi connectivity index (χ4n) is 2.16. The third-order valence-electron chi connectivity index (χ3n) is 3.08. The molecule has 1 N–H and O–H groups in total. The molecule has 0 aliphatic carbocycles. The molecule has 1 aromatic heterocycles. The maximum absolute atomic E-state index is 13.3. The maximum atomic E-state index is 13.3. The van der Waals surface area contributed by atoms with Crippen molar-refractivity contribution in [3.8, 4) is 0 Å². The number of halogens is 1. The number of aromatic nitrogens is 2. The topological polar surface area (TPSA) is 66.3 Å². The van der Waals surface area contributed by atoms with Crippen molar-refractivity contribution in [2.45, 2.75) is 6.42 Å². The first-order valence-corrected chi connectivity index (χ1v) is 5.76. The van der Waals surface area contributed by atoms with Crippen LogP contribution in [-0.4, -0.2) is 27.6 Å². The summed E-state index contributed by atoms with van der Waals surface area (Å²) in [5.74, 6) is -0.901. The third kappa shape index (κ3) is 2.01. The Bertz CT molecular complexity index is 643. The zero-order valence-corrected chi connectivity index (χ0v) is 9.88. The highest BCUT2D eigenvalue weighted by molar-refractivity contribution is 5.85. The minimum absolute atomic E-state index is 0.109. The Morgan fingerprint density at radius 2 is 2.16 bits per heavy atom. The monoisotopic (exact) mass is 259 g/mol. The lowest BCUT2D eigenvalue weighted by Crippen LogP contribution is -2.16. The Hall–Kier alpha value is -2.50. The molecule has 2 heterocycles. The summed E-state index contributed by atoms with van der Waals surface area (Å²) in [6.07, 6.45) is 3.40. The number of rotatable bonds is 2. The molecule has 6 heteroatoms. The molecule has 1 aliphatic heterocycles. The van der Waals surface area contributed by atoms with E-state index in [1.165, 1.54) is 24.5 Å². The standard InChI is InChI=1S/C13H10FN3O2/c14-9-2-1-8-3-4-17(11(8)5-9)12-7-15-10(6-16-12)13(18)19/h1-2,5-7H,3-4H2,(H,18,19). The van der Waals surface area contributed by atoms with Gasteiger partial charge in [0.25, 0.3) is 0 Å². The predicted molar refractivity (Wildman–Crippen MR) is 66.1 cm³/mol. The number of carboxylic acids is 1. The molecule has 0 unspecified atom stereocenters.